The Kier molecular flexibility index (Phi) is 8.76. The van der Waals surface area contributed by atoms with Crippen LogP contribution < -0.4 is 21.6 Å². The molecule has 3 fully saturated rings. The summed E-state index contributed by atoms with van der Waals surface area (Å²) in [6.07, 6.45) is 9.79. The summed E-state index contributed by atoms with van der Waals surface area (Å²) in [5.41, 5.74) is 5.44. The molecule has 10 nitrogen and oxygen atoms in total. The molecule has 2 bridgehead atoms. The lowest BCUT2D eigenvalue weighted by atomic mass is 9.79. The maximum Gasteiger partial charge on any atom is 0.254 e. The van der Waals surface area contributed by atoms with Gasteiger partial charge >= 0.3 is 0 Å². The first-order valence-electron chi connectivity index (χ1n) is 14.8. The molecular formula is C29H39Cl2N9O. The van der Waals surface area contributed by atoms with Crippen LogP contribution in [0.5, 0.6) is 0 Å². The van der Waals surface area contributed by atoms with Gasteiger partial charge in [0.2, 0.25) is 0 Å². The van der Waals surface area contributed by atoms with Gasteiger partial charge in [0.25, 0.3) is 5.56 Å². The van der Waals surface area contributed by atoms with Gasteiger partial charge in [-0.25, -0.2) is 14.7 Å². The first-order chi connectivity index (χ1) is 19.9. The molecule has 12 heteroatoms. The summed E-state index contributed by atoms with van der Waals surface area (Å²) in [6.45, 7) is 5.24. The first kappa shape index (κ1) is 28.8. The van der Waals surface area contributed by atoms with Gasteiger partial charge in [0, 0.05) is 48.4 Å². The minimum atomic E-state index is -0.0650. The molecule has 0 amide bonds. The van der Waals surface area contributed by atoms with Crippen molar-refractivity contribution in [2.24, 2.45) is 11.8 Å². The van der Waals surface area contributed by atoms with Gasteiger partial charge in [0.1, 0.15) is 0 Å². The van der Waals surface area contributed by atoms with Gasteiger partial charge in [-0.3, -0.25) is 14.8 Å². The Labute approximate surface area is 250 Å². The molecule has 0 radical (unpaired) electrons. The van der Waals surface area contributed by atoms with Crippen LogP contribution in [0, 0.1) is 11.8 Å². The smallest absolute Gasteiger partial charge is 0.254 e. The van der Waals surface area contributed by atoms with E-state index in [-0.39, 0.29) is 22.8 Å². The monoisotopic (exact) mass is 599 g/mol. The van der Waals surface area contributed by atoms with E-state index in [1.54, 1.807) is 35.4 Å². The number of rotatable bonds is 4. The zero-order valence-corrected chi connectivity index (χ0v) is 25.2. The number of aromatic nitrogens is 5. The van der Waals surface area contributed by atoms with Crippen LogP contribution in [0.4, 0.5) is 0 Å². The van der Waals surface area contributed by atoms with Gasteiger partial charge in [0.15, 0.2) is 5.15 Å². The predicted molar refractivity (Wildman–Crippen MR) is 161 cm³/mol. The van der Waals surface area contributed by atoms with Crippen molar-refractivity contribution in [3.05, 3.63) is 57.3 Å². The fourth-order valence-electron chi connectivity index (χ4n) is 7.16. The molecule has 3 N–H and O–H groups in total. The molecule has 3 aliphatic rings. The van der Waals surface area contributed by atoms with Crippen LogP contribution in [0.15, 0.2) is 41.6 Å². The summed E-state index contributed by atoms with van der Waals surface area (Å²) in [6, 6.07) is 8.11. The Hall–Kier alpha value is -2.34. The van der Waals surface area contributed by atoms with Crippen LogP contribution in [0.3, 0.4) is 0 Å². The van der Waals surface area contributed by atoms with Gasteiger partial charge in [0.05, 0.1) is 29.9 Å². The van der Waals surface area contributed by atoms with Crippen molar-refractivity contribution in [2.45, 2.75) is 69.6 Å². The molecule has 4 unspecified atom stereocenters. The molecule has 0 spiro atoms. The Morgan fingerprint density at radius 2 is 1.95 bits per heavy atom. The minimum absolute atomic E-state index is 0.0304. The molecule has 2 aromatic heterocycles. The third kappa shape index (κ3) is 6.09. The van der Waals surface area contributed by atoms with Gasteiger partial charge in [-0.15, -0.1) is 5.10 Å². The second-order valence-electron chi connectivity index (χ2n) is 11.8. The molecule has 3 aliphatic heterocycles. The second-order valence-corrected chi connectivity index (χ2v) is 12.6. The lowest BCUT2D eigenvalue weighted by Crippen LogP contribution is -2.54. The van der Waals surface area contributed by atoms with Crippen LogP contribution in [0.25, 0.3) is 16.9 Å². The average molecular weight is 601 g/mol. The van der Waals surface area contributed by atoms with Crippen LogP contribution >= 0.6 is 23.2 Å². The van der Waals surface area contributed by atoms with Crippen molar-refractivity contribution < 1.29 is 0 Å². The zero-order valence-electron chi connectivity index (χ0n) is 23.6. The maximum absolute atomic E-state index is 13.8. The summed E-state index contributed by atoms with van der Waals surface area (Å²) < 4.78 is 3.43. The summed E-state index contributed by atoms with van der Waals surface area (Å²) in [5.74, 6) is 1.16. The van der Waals surface area contributed by atoms with Gasteiger partial charge in [-0.05, 0) is 68.8 Å². The molecule has 41 heavy (non-hydrogen) atoms. The Morgan fingerprint density at radius 1 is 1.07 bits per heavy atom. The SMILES string of the molecule is CC[C@@H]1CCC[C@H](n2cnc(-c3cc(Cl)ccc3-n3cc(Cl)nn3)cc2=O)C2CC(CCN2)C2C(CNN2C)NC1. The van der Waals surface area contributed by atoms with Gasteiger partial charge in [-0.1, -0.05) is 48.2 Å². The summed E-state index contributed by atoms with van der Waals surface area (Å²) in [4.78, 5) is 18.6. The minimum Gasteiger partial charge on any atom is -0.312 e. The van der Waals surface area contributed by atoms with E-state index >= 15 is 0 Å². The standard InChI is InChI=1S/C29H39Cl2N9O/c1-3-18-5-4-6-26(23-11-19(9-10-32-23)29-24(33-14-18)15-35-38(29)2)39-17-34-22(13-28(39)41)21-12-20(30)7-8-25(21)40-16-27(31)36-37-40/h7-8,12-13,16-19,23-24,26,29,32-33,35H,3-6,9-11,14-15H2,1-2H3/t18-,19?,23?,24?,26+,29?/m1/s1. The van der Waals surface area contributed by atoms with Crippen molar-refractivity contribution in [3.63, 3.8) is 0 Å². The highest BCUT2D eigenvalue weighted by atomic mass is 35.5. The fraction of sp³-hybridized carbons (Fsp3) is 0.586. The van der Waals surface area contributed by atoms with E-state index < -0.39 is 0 Å². The van der Waals surface area contributed by atoms with E-state index in [0.29, 0.717) is 45.9 Å². The maximum atomic E-state index is 13.8. The van der Waals surface area contributed by atoms with Crippen LogP contribution in [-0.4, -0.2) is 74.4 Å². The molecule has 1 aromatic carbocycles. The van der Waals surface area contributed by atoms with E-state index in [1.807, 2.05) is 10.6 Å². The quantitative estimate of drug-likeness (QED) is 0.417. The van der Waals surface area contributed by atoms with Crippen molar-refractivity contribution in [3.8, 4) is 16.9 Å². The normalized spacial score (nSPS) is 29.5. The number of likely N-dealkylation sites (N-methyl/N-ethyl adjacent to an activating group) is 1. The van der Waals surface area contributed by atoms with Crippen molar-refractivity contribution >= 4 is 23.2 Å². The van der Waals surface area contributed by atoms with Crippen LogP contribution in [-0.2, 0) is 0 Å². The van der Waals surface area contributed by atoms with E-state index in [1.165, 1.54) is 0 Å². The van der Waals surface area contributed by atoms with Crippen LogP contribution in [0.1, 0.15) is 51.5 Å². The molecule has 6 atom stereocenters. The lowest BCUT2D eigenvalue weighted by Gasteiger charge is -2.42. The zero-order chi connectivity index (χ0) is 28.5. The number of nitrogens with one attached hydrogen (secondary N) is 3. The second kappa shape index (κ2) is 12.5. The first-order valence-corrected chi connectivity index (χ1v) is 15.6. The number of nitrogens with zero attached hydrogens (tertiary/aromatic N) is 6. The predicted octanol–water partition coefficient (Wildman–Crippen LogP) is 3.69. The van der Waals surface area contributed by atoms with E-state index in [2.05, 4.69) is 45.4 Å². The Bertz CT molecular complexity index is 1410. The molecule has 220 valence electrons. The number of hydrogen-bond acceptors (Lipinski definition) is 8. The highest BCUT2D eigenvalue weighted by Crippen LogP contribution is 2.34. The molecule has 3 aromatic rings. The molecule has 6 rings (SSSR count). The van der Waals surface area contributed by atoms with Gasteiger partial charge in [-0.2, -0.15) is 0 Å². The third-order valence-corrected chi connectivity index (χ3v) is 9.75. The van der Waals surface area contributed by atoms with E-state index in [9.17, 15) is 4.79 Å². The Balaban J connectivity index is 1.33. The molecule has 5 heterocycles. The number of hydrogen-bond donors (Lipinski definition) is 3. The molecule has 0 aliphatic carbocycles. The number of hydrazine groups is 1. The van der Waals surface area contributed by atoms with E-state index in [0.717, 1.165) is 58.2 Å². The number of benzene rings is 1. The third-order valence-electron chi connectivity index (χ3n) is 9.34. The molecule has 0 saturated carbocycles. The largest absolute Gasteiger partial charge is 0.312 e. The van der Waals surface area contributed by atoms with E-state index in [4.69, 9.17) is 28.2 Å². The van der Waals surface area contributed by atoms with Crippen molar-refractivity contribution in [2.75, 3.05) is 26.7 Å². The average Bonchev–Trinajstić information content (AvgIpc) is 3.57. The Morgan fingerprint density at radius 3 is 2.73 bits per heavy atom. The van der Waals surface area contributed by atoms with Crippen molar-refractivity contribution in [1.82, 2.24) is 45.6 Å². The highest BCUT2D eigenvalue weighted by Gasteiger charge is 2.41. The summed E-state index contributed by atoms with van der Waals surface area (Å²) in [5, 5.41) is 18.8. The fourth-order valence-corrected chi connectivity index (χ4v) is 7.46. The van der Waals surface area contributed by atoms with Gasteiger partial charge < -0.3 is 10.6 Å². The number of piperidine rings is 1. The molecule has 3 saturated heterocycles. The summed E-state index contributed by atoms with van der Waals surface area (Å²) in [7, 11) is 2.18. The van der Waals surface area contributed by atoms with Crippen LogP contribution in [0.2, 0.25) is 10.2 Å². The number of halogens is 2. The number of fused-ring (bicyclic) bond motifs is 4. The topological polar surface area (TPSA) is 105 Å². The highest BCUT2D eigenvalue weighted by molar-refractivity contribution is 6.31. The lowest BCUT2D eigenvalue weighted by molar-refractivity contribution is 0.108. The molecular weight excluding hydrogens is 561 g/mol. The van der Waals surface area contributed by atoms with Crippen molar-refractivity contribution in [1.29, 1.82) is 0 Å². The summed E-state index contributed by atoms with van der Waals surface area (Å²) >= 11 is 12.4.